The first-order chi connectivity index (χ1) is 8.06. The molecular weight excluding hydrogens is 232 g/mol. The van der Waals surface area contributed by atoms with Gasteiger partial charge in [0.15, 0.2) is 0 Å². The van der Waals surface area contributed by atoms with Crippen molar-refractivity contribution in [2.45, 2.75) is 40.2 Å². The van der Waals surface area contributed by atoms with Gasteiger partial charge in [0.2, 0.25) is 0 Å². The lowest BCUT2D eigenvalue weighted by atomic mass is 9.93. The number of carbonyl (C=O) groups excluding carboxylic acids is 1. The van der Waals surface area contributed by atoms with Gasteiger partial charge in [-0.15, -0.1) is 11.3 Å². The Morgan fingerprint density at radius 1 is 1.41 bits per heavy atom. The lowest BCUT2D eigenvalue weighted by Crippen LogP contribution is -2.35. The number of aryl methyl sites for hydroxylation is 2. The smallest absolute Gasteiger partial charge is 0.133 e. The molecule has 1 aromatic heterocycles. The molecule has 2 rings (SSSR count). The third-order valence-electron chi connectivity index (χ3n) is 3.59. The van der Waals surface area contributed by atoms with Crippen molar-refractivity contribution in [3.05, 3.63) is 15.6 Å². The van der Waals surface area contributed by atoms with Crippen LogP contribution < -0.4 is 0 Å². The van der Waals surface area contributed by atoms with Crippen molar-refractivity contribution in [3.8, 4) is 0 Å². The monoisotopic (exact) mass is 252 g/mol. The fourth-order valence-corrected chi connectivity index (χ4v) is 3.27. The lowest BCUT2D eigenvalue weighted by molar-refractivity contribution is -0.122. The molecule has 1 aromatic rings. The molecule has 0 saturated carbocycles. The minimum Gasteiger partial charge on any atom is -0.300 e. The zero-order valence-electron chi connectivity index (χ0n) is 10.8. The molecule has 0 atom stereocenters. The molecule has 1 fully saturated rings. The highest BCUT2D eigenvalue weighted by atomic mass is 32.1. The number of hydrogen-bond donors (Lipinski definition) is 0. The highest BCUT2D eigenvalue weighted by Crippen LogP contribution is 2.22. The minimum atomic E-state index is 0.297. The van der Waals surface area contributed by atoms with Crippen molar-refractivity contribution >= 4 is 17.1 Å². The van der Waals surface area contributed by atoms with Crippen LogP contribution in [0.5, 0.6) is 0 Å². The first kappa shape index (κ1) is 12.7. The highest BCUT2D eigenvalue weighted by molar-refractivity contribution is 7.11. The average Bonchev–Trinajstić information content (AvgIpc) is 2.58. The summed E-state index contributed by atoms with van der Waals surface area (Å²) in [4.78, 5) is 19.6. The van der Waals surface area contributed by atoms with E-state index in [1.165, 1.54) is 9.88 Å². The van der Waals surface area contributed by atoms with Crippen LogP contribution in [0.25, 0.3) is 0 Å². The van der Waals surface area contributed by atoms with E-state index in [2.05, 4.69) is 23.7 Å². The Bertz CT molecular complexity index is 386. The van der Waals surface area contributed by atoms with Gasteiger partial charge in [0.1, 0.15) is 10.8 Å². The average molecular weight is 252 g/mol. The SMILES string of the molecule is CC(=O)C1CCN(Cc2nc(C)c(C)s2)CC1. The van der Waals surface area contributed by atoms with Gasteiger partial charge in [-0.3, -0.25) is 9.69 Å². The molecule has 1 aliphatic rings. The van der Waals surface area contributed by atoms with Crippen LogP contribution in [-0.2, 0) is 11.3 Å². The van der Waals surface area contributed by atoms with Crippen molar-refractivity contribution in [2.24, 2.45) is 5.92 Å². The third kappa shape index (κ3) is 3.13. The molecule has 1 saturated heterocycles. The Morgan fingerprint density at radius 3 is 2.53 bits per heavy atom. The quantitative estimate of drug-likeness (QED) is 0.829. The van der Waals surface area contributed by atoms with E-state index < -0.39 is 0 Å². The van der Waals surface area contributed by atoms with Gasteiger partial charge in [-0.05, 0) is 46.7 Å². The molecular formula is C13H20N2OS. The van der Waals surface area contributed by atoms with Crippen LogP contribution in [0, 0.1) is 19.8 Å². The summed E-state index contributed by atoms with van der Waals surface area (Å²) >= 11 is 1.80. The molecule has 0 N–H and O–H groups in total. The summed E-state index contributed by atoms with van der Waals surface area (Å²) in [5.41, 5.74) is 1.16. The molecule has 3 nitrogen and oxygen atoms in total. The van der Waals surface area contributed by atoms with Crippen LogP contribution >= 0.6 is 11.3 Å². The standard InChI is InChI=1S/C13H20N2OS/c1-9-11(3)17-13(14-9)8-15-6-4-12(5-7-15)10(2)16/h12H,4-8H2,1-3H3. The Kier molecular flexibility index (Phi) is 3.94. The minimum absolute atomic E-state index is 0.297. The maximum Gasteiger partial charge on any atom is 0.133 e. The van der Waals surface area contributed by atoms with Crippen LogP contribution in [0.1, 0.15) is 35.3 Å². The molecule has 17 heavy (non-hydrogen) atoms. The van der Waals surface area contributed by atoms with Crippen molar-refractivity contribution in [1.29, 1.82) is 0 Å². The fourth-order valence-electron chi connectivity index (χ4n) is 2.30. The van der Waals surface area contributed by atoms with Crippen LogP contribution in [-0.4, -0.2) is 28.8 Å². The fraction of sp³-hybridized carbons (Fsp3) is 0.692. The maximum absolute atomic E-state index is 11.3. The van der Waals surface area contributed by atoms with Crippen LogP contribution in [0.4, 0.5) is 0 Å². The Hall–Kier alpha value is -0.740. The molecule has 0 aliphatic carbocycles. The van der Waals surface area contributed by atoms with E-state index in [1.54, 1.807) is 18.3 Å². The number of likely N-dealkylation sites (tertiary alicyclic amines) is 1. The zero-order chi connectivity index (χ0) is 12.4. The van der Waals surface area contributed by atoms with E-state index in [0.29, 0.717) is 11.7 Å². The second-order valence-corrected chi connectivity index (χ2v) is 6.20. The molecule has 94 valence electrons. The van der Waals surface area contributed by atoms with Gasteiger partial charge >= 0.3 is 0 Å². The Balaban J connectivity index is 1.88. The van der Waals surface area contributed by atoms with Gasteiger partial charge in [-0.2, -0.15) is 0 Å². The van der Waals surface area contributed by atoms with E-state index >= 15 is 0 Å². The number of Topliss-reactive ketones (excluding diaryl/α,β-unsaturated/α-hetero) is 1. The van der Waals surface area contributed by atoms with E-state index in [9.17, 15) is 4.79 Å². The van der Waals surface area contributed by atoms with Crippen LogP contribution in [0.15, 0.2) is 0 Å². The largest absolute Gasteiger partial charge is 0.300 e. The van der Waals surface area contributed by atoms with Gasteiger partial charge in [-0.25, -0.2) is 4.98 Å². The summed E-state index contributed by atoms with van der Waals surface area (Å²) in [5.74, 6) is 0.650. The molecule has 0 amide bonds. The highest BCUT2D eigenvalue weighted by Gasteiger charge is 2.22. The molecule has 1 aliphatic heterocycles. The van der Waals surface area contributed by atoms with Crippen molar-refractivity contribution in [1.82, 2.24) is 9.88 Å². The summed E-state index contributed by atoms with van der Waals surface area (Å²) < 4.78 is 0. The van der Waals surface area contributed by atoms with Gasteiger partial charge in [0, 0.05) is 10.8 Å². The summed E-state index contributed by atoms with van der Waals surface area (Å²) in [7, 11) is 0. The molecule has 0 bridgehead atoms. The van der Waals surface area contributed by atoms with Crippen molar-refractivity contribution in [2.75, 3.05) is 13.1 Å². The second-order valence-electron chi connectivity index (χ2n) is 4.91. The number of carbonyl (C=O) groups is 1. The number of ketones is 1. The van der Waals surface area contributed by atoms with Gasteiger partial charge < -0.3 is 0 Å². The Morgan fingerprint density at radius 2 is 2.06 bits per heavy atom. The Labute approximate surface area is 107 Å². The third-order valence-corrected chi connectivity index (χ3v) is 4.65. The van der Waals surface area contributed by atoms with Crippen LogP contribution in [0.2, 0.25) is 0 Å². The summed E-state index contributed by atoms with van der Waals surface area (Å²) in [6.07, 6.45) is 2.03. The maximum atomic E-state index is 11.3. The molecule has 0 radical (unpaired) electrons. The van der Waals surface area contributed by atoms with E-state index in [4.69, 9.17) is 0 Å². The van der Waals surface area contributed by atoms with Gasteiger partial charge in [0.05, 0.1) is 12.2 Å². The number of hydrogen-bond acceptors (Lipinski definition) is 4. The molecule has 2 heterocycles. The molecule has 4 heteroatoms. The summed E-state index contributed by atoms with van der Waals surface area (Å²) in [5, 5.41) is 1.21. The topological polar surface area (TPSA) is 33.2 Å². The summed E-state index contributed by atoms with van der Waals surface area (Å²) in [6, 6.07) is 0. The first-order valence-electron chi connectivity index (χ1n) is 6.22. The van der Waals surface area contributed by atoms with Crippen molar-refractivity contribution in [3.63, 3.8) is 0 Å². The van der Waals surface area contributed by atoms with E-state index in [-0.39, 0.29) is 0 Å². The van der Waals surface area contributed by atoms with Gasteiger partial charge in [0.25, 0.3) is 0 Å². The van der Waals surface area contributed by atoms with Crippen LogP contribution in [0.3, 0.4) is 0 Å². The number of aromatic nitrogens is 1. The normalized spacial score (nSPS) is 18.5. The zero-order valence-corrected chi connectivity index (χ0v) is 11.6. The second kappa shape index (κ2) is 5.27. The van der Waals surface area contributed by atoms with Crippen molar-refractivity contribution < 1.29 is 4.79 Å². The predicted molar refractivity (Wildman–Crippen MR) is 70.3 cm³/mol. The van der Waals surface area contributed by atoms with E-state index in [0.717, 1.165) is 38.2 Å². The first-order valence-corrected chi connectivity index (χ1v) is 7.03. The predicted octanol–water partition coefficient (Wildman–Crippen LogP) is 2.56. The molecule has 0 aromatic carbocycles. The number of nitrogens with zero attached hydrogens (tertiary/aromatic N) is 2. The number of thiazole rings is 1. The lowest BCUT2D eigenvalue weighted by Gasteiger charge is -2.29. The van der Waals surface area contributed by atoms with E-state index in [1.807, 2.05) is 0 Å². The molecule has 0 unspecified atom stereocenters. The number of piperidine rings is 1. The van der Waals surface area contributed by atoms with Gasteiger partial charge in [-0.1, -0.05) is 0 Å². The number of rotatable bonds is 3. The molecule has 0 spiro atoms. The summed E-state index contributed by atoms with van der Waals surface area (Å²) in [6.45, 7) is 8.91.